The van der Waals surface area contributed by atoms with Crippen LogP contribution in [0, 0.1) is 5.82 Å². The molecule has 1 aromatic heterocycles. The lowest BCUT2D eigenvalue weighted by Gasteiger charge is -2.14. The lowest BCUT2D eigenvalue weighted by molar-refractivity contribution is 0.102. The molecule has 0 fully saturated rings. The van der Waals surface area contributed by atoms with Crippen molar-refractivity contribution in [3.63, 3.8) is 0 Å². The minimum Gasteiger partial charge on any atom is -0.322 e. The summed E-state index contributed by atoms with van der Waals surface area (Å²) in [5, 5.41) is 11.2. The first-order valence-electron chi connectivity index (χ1n) is 10.4. The Balaban J connectivity index is 1.65. The van der Waals surface area contributed by atoms with Gasteiger partial charge in [-0.2, -0.15) is 0 Å². The molecule has 3 aromatic rings. The van der Waals surface area contributed by atoms with Gasteiger partial charge in [0.15, 0.2) is 5.82 Å². The number of amides is 1. The molecule has 0 saturated carbocycles. The van der Waals surface area contributed by atoms with Gasteiger partial charge in [-0.3, -0.25) is 4.79 Å². The van der Waals surface area contributed by atoms with E-state index in [4.69, 9.17) is 11.6 Å². The van der Waals surface area contributed by atoms with Gasteiger partial charge in [0.1, 0.15) is 11.6 Å². The standard InChI is InChI=1S/C22H23ClFN5O3S/c1-28(2)33(31,32)15-8-9-18(23)16(13-15)22(30)25-14-7-10-19(24)17(12-14)21-27-26-20-6-4-3-5-11-29(20)21/h7-10,12-13H,3-6,11H2,1-2H3,(H,25,30). The Kier molecular flexibility index (Phi) is 6.51. The molecule has 1 aliphatic heterocycles. The molecule has 33 heavy (non-hydrogen) atoms. The van der Waals surface area contributed by atoms with Crippen molar-refractivity contribution in [1.29, 1.82) is 0 Å². The largest absolute Gasteiger partial charge is 0.322 e. The smallest absolute Gasteiger partial charge is 0.257 e. The molecule has 2 aromatic carbocycles. The van der Waals surface area contributed by atoms with E-state index >= 15 is 0 Å². The van der Waals surface area contributed by atoms with E-state index in [2.05, 4.69) is 15.5 Å². The van der Waals surface area contributed by atoms with Crippen molar-refractivity contribution in [3.8, 4) is 11.4 Å². The molecule has 0 bridgehead atoms. The van der Waals surface area contributed by atoms with E-state index in [1.165, 1.54) is 50.5 Å². The van der Waals surface area contributed by atoms with Gasteiger partial charge in [0.25, 0.3) is 5.91 Å². The monoisotopic (exact) mass is 491 g/mol. The van der Waals surface area contributed by atoms with E-state index in [1.54, 1.807) is 0 Å². The van der Waals surface area contributed by atoms with Crippen molar-refractivity contribution in [2.75, 3.05) is 19.4 Å². The third kappa shape index (κ3) is 4.64. The zero-order valence-electron chi connectivity index (χ0n) is 18.2. The summed E-state index contributed by atoms with van der Waals surface area (Å²) in [5.41, 5.74) is 0.532. The molecule has 1 N–H and O–H groups in total. The summed E-state index contributed by atoms with van der Waals surface area (Å²) in [6.45, 7) is 0.705. The number of nitrogens with one attached hydrogen (secondary N) is 1. The summed E-state index contributed by atoms with van der Waals surface area (Å²) in [4.78, 5) is 12.9. The number of nitrogens with zero attached hydrogens (tertiary/aromatic N) is 4. The molecule has 11 heteroatoms. The van der Waals surface area contributed by atoms with Crippen LogP contribution in [0.25, 0.3) is 11.4 Å². The molecule has 1 amide bonds. The number of aryl methyl sites for hydroxylation is 1. The first kappa shape index (κ1) is 23.3. The summed E-state index contributed by atoms with van der Waals surface area (Å²) in [5.74, 6) is 0.137. The SMILES string of the molecule is CN(C)S(=O)(=O)c1ccc(Cl)c(C(=O)Nc2ccc(F)c(-c3nnc4n3CCCCC4)c2)c1. The molecule has 2 heterocycles. The number of sulfonamides is 1. The molecular formula is C22H23ClFN5O3S. The summed E-state index contributed by atoms with van der Waals surface area (Å²) in [6.07, 6.45) is 3.83. The van der Waals surface area contributed by atoms with Crippen LogP contribution in [-0.4, -0.2) is 47.5 Å². The van der Waals surface area contributed by atoms with Gasteiger partial charge in [0.05, 0.1) is 21.0 Å². The predicted octanol–water partition coefficient (Wildman–Crippen LogP) is 3.97. The zero-order chi connectivity index (χ0) is 23.8. The number of carbonyl (C=O) groups excluding carboxylic acids is 1. The molecule has 8 nitrogen and oxygen atoms in total. The molecule has 174 valence electrons. The number of rotatable bonds is 5. The molecule has 0 aliphatic carbocycles. The Morgan fingerprint density at radius 2 is 1.91 bits per heavy atom. The Hall–Kier alpha value is -2.82. The average Bonchev–Trinajstić information content (AvgIpc) is 3.02. The van der Waals surface area contributed by atoms with Gasteiger partial charge in [-0.05, 0) is 49.2 Å². The van der Waals surface area contributed by atoms with E-state index in [1.807, 2.05) is 4.57 Å². The number of hydrogen-bond acceptors (Lipinski definition) is 5. The Bertz CT molecular complexity index is 1320. The number of hydrogen-bond donors (Lipinski definition) is 1. The van der Waals surface area contributed by atoms with Crippen molar-refractivity contribution in [3.05, 3.63) is 58.6 Å². The van der Waals surface area contributed by atoms with Crippen LogP contribution in [0.3, 0.4) is 0 Å². The van der Waals surface area contributed by atoms with Gasteiger partial charge in [-0.25, -0.2) is 17.1 Å². The minimum atomic E-state index is -3.75. The fraction of sp³-hybridized carbons (Fsp3) is 0.318. The number of aromatic nitrogens is 3. The Labute approximate surface area is 196 Å². The maximum Gasteiger partial charge on any atom is 0.257 e. The van der Waals surface area contributed by atoms with Crippen LogP contribution in [0.2, 0.25) is 5.02 Å². The van der Waals surface area contributed by atoms with Gasteiger partial charge in [-0.1, -0.05) is 18.0 Å². The molecule has 0 spiro atoms. The molecular weight excluding hydrogens is 469 g/mol. The Morgan fingerprint density at radius 3 is 2.67 bits per heavy atom. The number of anilines is 1. The van der Waals surface area contributed by atoms with E-state index < -0.39 is 21.7 Å². The molecule has 4 rings (SSSR count). The normalized spacial score (nSPS) is 14.1. The zero-order valence-corrected chi connectivity index (χ0v) is 19.7. The number of benzene rings is 2. The van der Waals surface area contributed by atoms with Crippen LogP contribution in [0.4, 0.5) is 10.1 Å². The van der Waals surface area contributed by atoms with Crippen LogP contribution in [-0.2, 0) is 23.0 Å². The number of carbonyl (C=O) groups is 1. The minimum absolute atomic E-state index is 0.0122. The molecule has 0 unspecified atom stereocenters. The quantitative estimate of drug-likeness (QED) is 0.582. The van der Waals surface area contributed by atoms with Crippen molar-refractivity contribution in [2.45, 2.75) is 37.1 Å². The lowest BCUT2D eigenvalue weighted by Crippen LogP contribution is -2.23. The second-order valence-corrected chi connectivity index (χ2v) is 10.5. The van der Waals surface area contributed by atoms with Crippen LogP contribution in [0.5, 0.6) is 0 Å². The fourth-order valence-corrected chi connectivity index (χ4v) is 4.84. The fourth-order valence-electron chi connectivity index (χ4n) is 3.71. The van der Waals surface area contributed by atoms with Crippen LogP contribution in [0.1, 0.15) is 35.4 Å². The van der Waals surface area contributed by atoms with Gasteiger partial charge < -0.3 is 9.88 Å². The average molecular weight is 492 g/mol. The highest BCUT2D eigenvalue weighted by atomic mass is 35.5. The first-order chi connectivity index (χ1) is 15.7. The van der Waals surface area contributed by atoms with E-state index in [0.29, 0.717) is 18.1 Å². The maximum absolute atomic E-state index is 14.7. The third-order valence-electron chi connectivity index (χ3n) is 5.54. The highest BCUT2D eigenvalue weighted by Gasteiger charge is 2.22. The summed E-state index contributed by atoms with van der Waals surface area (Å²) >= 11 is 6.17. The first-order valence-corrected chi connectivity index (χ1v) is 12.3. The van der Waals surface area contributed by atoms with Crippen molar-refractivity contribution >= 4 is 33.2 Å². The second kappa shape index (κ2) is 9.20. The summed E-state index contributed by atoms with van der Waals surface area (Å²) < 4.78 is 42.5. The molecule has 0 radical (unpaired) electrons. The van der Waals surface area contributed by atoms with E-state index in [0.717, 1.165) is 35.8 Å². The molecule has 0 atom stereocenters. The third-order valence-corrected chi connectivity index (χ3v) is 7.68. The number of fused-ring (bicyclic) bond motifs is 1. The molecule has 1 aliphatic rings. The molecule has 0 saturated heterocycles. The van der Waals surface area contributed by atoms with Gasteiger partial charge >= 0.3 is 0 Å². The predicted molar refractivity (Wildman–Crippen MR) is 123 cm³/mol. The maximum atomic E-state index is 14.7. The van der Waals surface area contributed by atoms with Crippen LogP contribution < -0.4 is 5.32 Å². The Morgan fingerprint density at radius 1 is 1.12 bits per heavy atom. The van der Waals surface area contributed by atoms with Gasteiger partial charge in [0, 0.05) is 32.7 Å². The van der Waals surface area contributed by atoms with Crippen molar-refractivity contribution < 1.29 is 17.6 Å². The van der Waals surface area contributed by atoms with Crippen molar-refractivity contribution in [2.24, 2.45) is 0 Å². The number of halogens is 2. The van der Waals surface area contributed by atoms with Crippen molar-refractivity contribution in [1.82, 2.24) is 19.1 Å². The van der Waals surface area contributed by atoms with E-state index in [-0.39, 0.29) is 21.0 Å². The van der Waals surface area contributed by atoms with Gasteiger partial charge in [0.2, 0.25) is 10.0 Å². The highest BCUT2D eigenvalue weighted by Crippen LogP contribution is 2.29. The summed E-state index contributed by atoms with van der Waals surface area (Å²) in [6, 6.07) is 8.07. The van der Waals surface area contributed by atoms with Crippen LogP contribution in [0.15, 0.2) is 41.3 Å². The topological polar surface area (TPSA) is 97.2 Å². The van der Waals surface area contributed by atoms with E-state index in [9.17, 15) is 17.6 Å². The van der Waals surface area contributed by atoms with Gasteiger partial charge in [-0.15, -0.1) is 10.2 Å². The van der Waals surface area contributed by atoms with Crippen LogP contribution >= 0.6 is 11.6 Å². The second-order valence-electron chi connectivity index (χ2n) is 7.98. The summed E-state index contributed by atoms with van der Waals surface area (Å²) in [7, 11) is -0.954. The highest BCUT2D eigenvalue weighted by molar-refractivity contribution is 7.89. The lowest BCUT2D eigenvalue weighted by atomic mass is 10.1.